The second-order valence-corrected chi connectivity index (χ2v) is 28.7. The SMILES string of the molecule is C=CCSSCCC(=O)C(C)C.CC(=S)c1ccc(C(=O)C(C)C)cc1.CC(C)C(=O)c1ccc(-c2cssc2=S)cc1.CC(C)C(=O)c1csc(=S)s1.COc1cc(C2=CC(=S)CS2)ccc1OCC(=O)C(C)C. The summed E-state index contributed by atoms with van der Waals surface area (Å²) in [5.74, 6) is 5.27. The van der Waals surface area contributed by atoms with Crippen LogP contribution in [0.15, 0.2) is 96.2 Å². The van der Waals surface area contributed by atoms with Crippen molar-refractivity contribution in [2.24, 2.45) is 29.6 Å². The van der Waals surface area contributed by atoms with Crippen LogP contribution in [0.4, 0.5) is 0 Å². The number of benzene rings is 3. The van der Waals surface area contributed by atoms with E-state index < -0.39 is 0 Å². The van der Waals surface area contributed by atoms with Crippen molar-refractivity contribution < 1.29 is 33.4 Å². The minimum absolute atomic E-state index is 0.0312. The Morgan fingerprint density at radius 3 is 1.68 bits per heavy atom. The standard InChI is InChI=1S/C16H18O3S2.C13H12OS3.C12H14OS.C9H16OS2.C7H8OS3/c1-10(2)13(17)8-19-14-5-4-11(6-15(14)18-3)16-7-12(20)9-21-16;1-8(2)12(14)10-5-3-9(4-6-10)11-7-16-17-13(11)15;1-8(2)12(13)11-6-4-10(5-7-11)9(3)14;1-4-6-11-12-7-5-9(10)8(2)3;1-4(2)6(8)5-3-10-7(9)11-5/h4-7,10H,8-9H2,1-3H3;3-8H,1-2H3;4-8H,1-3H3;4,8H,1,5-7H2,2-3H3;3-4H,1-2H3. The number of rotatable bonds is 21. The fraction of sp³-hybridized carbons (Fsp3) is 0.386. The van der Waals surface area contributed by atoms with Gasteiger partial charge >= 0.3 is 0 Å². The maximum absolute atomic E-state index is 11.8. The van der Waals surface area contributed by atoms with Crippen molar-refractivity contribution in [1.29, 1.82) is 0 Å². The van der Waals surface area contributed by atoms with Gasteiger partial charge in [-0.15, -0.1) is 41.0 Å². The summed E-state index contributed by atoms with van der Waals surface area (Å²) in [7, 11) is 8.35. The lowest BCUT2D eigenvalue weighted by Crippen LogP contribution is -2.17. The molecule has 0 unspecified atom stereocenters. The number of allylic oxidation sites excluding steroid dienone is 1. The van der Waals surface area contributed by atoms with Crippen LogP contribution in [0.3, 0.4) is 0 Å². The van der Waals surface area contributed by atoms with Gasteiger partial charge in [-0.2, -0.15) is 0 Å². The third-order valence-electron chi connectivity index (χ3n) is 10.3. The number of carbonyl (C=O) groups excluding carboxylic acids is 5. The van der Waals surface area contributed by atoms with Crippen molar-refractivity contribution in [3.63, 3.8) is 0 Å². The van der Waals surface area contributed by atoms with Crippen LogP contribution < -0.4 is 9.47 Å². The van der Waals surface area contributed by atoms with Crippen LogP contribution in [-0.4, -0.2) is 69.6 Å². The van der Waals surface area contributed by atoms with E-state index in [1.165, 1.54) is 22.7 Å². The van der Waals surface area contributed by atoms with Crippen molar-refractivity contribution in [1.82, 2.24) is 0 Å². The Morgan fingerprint density at radius 2 is 1.24 bits per heavy atom. The van der Waals surface area contributed by atoms with E-state index in [0.717, 1.165) is 77.1 Å². The average molecular weight is 1220 g/mol. The molecule has 0 radical (unpaired) electrons. The van der Waals surface area contributed by atoms with E-state index in [9.17, 15) is 24.0 Å². The van der Waals surface area contributed by atoms with Gasteiger partial charge in [0.15, 0.2) is 34.6 Å². The van der Waals surface area contributed by atoms with Gasteiger partial charge in [0.2, 0.25) is 0 Å². The molecule has 0 saturated heterocycles. The van der Waals surface area contributed by atoms with E-state index >= 15 is 0 Å². The molecule has 18 heteroatoms. The van der Waals surface area contributed by atoms with Crippen molar-refractivity contribution in [2.45, 2.75) is 82.6 Å². The average Bonchev–Trinajstić information content (AvgIpc) is 4.16. The number of ether oxygens (including phenoxy) is 2. The van der Waals surface area contributed by atoms with Gasteiger partial charge in [0.1, 0.15) is 19.4 Å². The zero-order chi connectivity index (χ0) is 56.4. The van der Waals surface area contributed by atoms with Crippen molar-refractivity contribution >= 4 is 169 Å². The lowest BCUT2D eigenvalue weighted by Gasteiger charge is -2.13. The number of Topliss-reactive ketones (excluding diaryl/α,β-unsaturated/α-hetero) is 5. The molecule has 1 aliphatic heterocycles. The molecule has 0 aliphatic carbocycles. The summed E-state index contributed by atoms with van der Waals surface area (Å²) in [6.07, 6.45) is 4.59. The number of methoxy groups -OCH3 is 1. The molecule has 0 atom stereocenters. The van der Waals surface area contributed by atoms with Crippen LogP contribution in [0.5, 0.6) is 11.5 Å². The Kier molecular flexibility index (Phi) is 32.7. The summed E-state index contributed by atoms with van der Waals surface area (Å²) < 4.78 is 12.7. The molecule has 0 spiro atoms. The summed E-state index contributed by atoms with van der Waals surface area (Å²) >= 11 is 25.0. The van der Waals surface area contributed by atoms with Gasteiger partial charge in [-0.25, -0.2) is 0 Å². The van der Waals surface area contributed by atoms with Crippen molar-refractivity contribution in [3.05, 3.63) is 130 Å². The predicted molar refractivity (Wildman–Crippen MR) is 344 cm³/mol. The normalized spacial score (nSPS) is 11.5. The van der Waals surface area contributed by atoms with Gasteiger partial charge in [-0.05, 0) is 47.9 Å². The quantitative estimate of drug-likeness (QED) is 0.0229. The first-order valence-corrected chi connectivity index (χ1v) is 33.0. The van der Waals surface area contributed by atoms with Gasteiger partial charge in [0.25, 0.3) is 0 Å². The van der Waals surface area contributed by atoms with Crippen molar-refractivity contribution in [2.75, 3.05) is 31.0 Å². The van der Waals surface area contributed by atoms with Crippen LogP contribution >= 0.6 is 126 Å². The molecule has 0 N–H and O–H groups in total. The maximum Gasteiger partial charge on any atom is 0.176 e. The molecule has 5 aromatic rings. The van der Waals surface area contributed by atoms with Crippen LogP contribution in [0.2, 0.25) is 0 Å². The first-order chi connectivity index (χ1) is 35.4. The highest BCUT2D eigenvalue weighted by Gasteiger charge is 2.17. The highest BCUT2D eigenvalue weighted by atomic mass is 33.1. The molecule has 0 saturated carbocycles. The van der Waals surface area contributed by atoms with E-state index in [1.807, 2.05) is 160 Å². The third-order valence-corrected chi connectivity index (χ3v) is 19.6. The summed E-state index contributed by atoms with van der Waals surface area (Å²) in [4.78, 5) is 61.2. The topological polar surface area (TPSA) is 104 Å². The predicted octanol–water partition coefficient (Wildman–Crippen LogP) is 18.6. The molecule has 404 valence electrons. The van der Waals surface area contributed by atoms with Crippen LogP contribution in [0.1, 0.15) is 124 Å². The first kappa shape index (κ1) is 68.0. The molecule has 6 rings (SSSR count). The Bertz CT molecular complexity index is 2820. The van der Waals surface area contributed by atoms with Crippen molar-refractivity contribution in [3.8, 4) is 22.6 Å². The molecule has 75 heavy (non-hydrogen) atoms. The minimum Gasteiger partial charge on any atom is -0.493 e. The van der Waals surface area contributed by atoms with Crippen LogP contribution in [0.25, 0.3) is 16.0 Å². The molecule has 1 aliphatic rings. The number of thiocarbonyl (C=S) groups is 2. The van der Waals surface area contributed by atoms with E-state index in [0.29, 0.717) is 23.7 Å². The summed E-state index contributed by atoms with van der Waals surface area (Å²) in [6, 6.07) is 20.9. The number of thioether (sulfide) groups is 1. The van der Waals surface area contributed by atoms with Gasteiger partial charge in [0, 0.05) is 95.4 Å². The molecular formula is C57H68O7S11. The number of ketones is 5. The summed E-state index contributed by atoms with van der Waals surface area (Å²) in [5, 5.41) is 3.90. The maximum atomic E-state index is 11.8. The molecule has 2 aromatic heterocycles. The van der Waals surface area contributed by atoms with Gasteiger partial charge < -0.3 is 9.47 Å². The highest BCUT2D eigenvalue weighted by Crippen LogP contribution is 2.38. The molecule has 0 amide bonds. The Balaban J connectivity index is 0.000000328. The molecular weight excluding hydrogens is 1150 g/mol. The molecule has 0 fully saturated rings. The summed E-state index contributed by atoms with van der Waals surface area (Å²) in [6.45, 7) is 24.6. The first-order valence-electron chi connectivity index (χ1n) is 24.0. The number of carbonyl (C=O) groups is 5. The van der Waals surface area contributed by atoms with Gasteiger partial charge in [-0.1, -0.05) is 215 Å². The summed E-state index contributed by atoms with van der Waals surface area (Å²) in [5.41, 5.74) is 5.79. The molecule has 0 bridgehead atoms. The van der Waals surface area contributed by atoms with E-state index in [1.54, 1.807) is 61.1 Å². The lowest BCUT2D eigenvalue weighted by atomic mass is 9.99. The largest absolute Gasteiger partial charge is 0.493 e. The van der Waals surface area contributed by atoms with E-state index in [2.05, 4.69) is 12.0 Å². The number of hydrogen-bond donors (Lipinski definition) is 0. The zero-order valence-electron chi connectivity index (χ0n) is 44.6. The minimum atomic E-state index is -0.0312. The number of hydrogen-bond acceptors (Lipinski definition) is 18. The highest BCUT2D eigenvalue weighted by molar-refractivity contribution is 8.76. The molecule has 3 heterocycles. The smallest absolute Gasteiger partial charge is 0.176 e. The van der Waals surface area contributed by atoms with Crippen LogP contribution in [-0.2, 0) is 9.59 Å². The van der Waals surface area contributed by atoms with Gasteiger partial charge in [0.05, 0.1) is 12.0 Å². The van der Waals surface area contributed by atoms with E-state index in [4.69, 9.17) is 58.3 Å². The van der Waals surface area contributed by atoms with E-state index in [-0.39, 0.29) is 59.3 Å². The monoisotopic (exact) mass is 1220 g/mol. The Hall–Kier alpha value is -3.14. The third kappa shape index (κ3) is 25.0. The second-order valence-electron chi connectivity index (χ2n) is 18.0. The second kappa shape index (κ2) is 36.1. The molecule has 7 nitrogen and oxygen atoms in total. The van der Waals surface area contributed by atoms with Crippen LogP contribution in [0, 0.1) is 36.6 Å². The molecule has 3 aromatic carbocycles. The lowest BCUT2D eigenvalue weighted by molar-refractivity contribution is -0.124. The Labute approximate surface area is 494 Å². The fourth-order valence-corrected chi connectivity index (χ4v) is 13.5. The van der Waals surface area contributed by atoms with Gasteiger partial charge in [-0.3, -0.25) is 24.0 Å². The fourth-order valence-electron chi connectivity index (χ4n) is 5.76. The zero-order valence-corrected chi connectivity index (χ0v) is 53.6. The Morgan fingerprint density at radius 1 is 0.693 bits per heavy atom.